The molecule has 1 aromatic carbocycles. The van der Waals surface area contributed by atoms with Crippen LogP contribution in [0, 0.1) is 0 Å². The number of hydrogen-bond donors (Lipinski definition) is 1. The van der Waals surface area contributed by atoms with Crippen LogP contribution in [0.3, 0.4) is 0 Å². The van der Waals surface area contributed by atoms with Gasteiger partial charge in [0.15, 0.2) is 0 Å². The van der Waals surface area contributed by atoms with Gasteiger partial charge in [0.05, 0.1) is 0 Å². The third-order valence-corrected chi connectivity index (χ3v) is 3.60. The summed E-state index contributed by atoms with van der Waals surface area (Å²) in [7, 11) is 0. The fraction of sp³-hybridized carbons (Fsp3) is 0.375. The van der Waals surface area contributed by atoms with E-state index in [1.807, 2.05) is 30.6 Å². The van der Waals surface area contributed by atoms with Gasteiger partial charge in [-0.15, -0.1) is 0 Å². The smallest absolute Gasteiger partial charge is 0.225 e. The van der Waals surface area contributed by atoms with Crippen molar-refractivity contribution in [3.63, 3.8) is 0 Å². The Hall–Kier alpha value is -1.94. The highest BCUT2D eigenvalue weighted by Crippen LogP contribution is 2.20. The van der Waals surface area contributed by atoms with Gasteiger partial charge in [0.2, 0.25) is 5.95 Å². The van der Waals surface area contributed by atoms with Crippen LogP contribution >= 0.6 is 0 Å². The maximum Gasteiger partial charge on any atom is 0.225 e. The van der Waals surface area contributed by atoms with Crippen molar-refractivity contribution in [2.75, 3.05) is 24.5 Å². The summed E-state index contributed by atoms with van der Waals surface area (Å²) in [6, 6.07) is 10.2. The molecule has 104 valence electrons. The first-order valence-corrected chi connectivity index (χ1v) is 7.01. The summed E-state index contributed by atoms with van der Waals surface area (Å²) in [5, 5.41) is 3.50. The number of piperazine rings is 1. The van der Waals surface area contributed by atoms with E-state index in [0.717, 1.165) is 36.7 Å². The average molecular weight is 268 g/mol. The Morgan fingerprint density at radius 2 is 1.75 bits per heavy atom. The van der Waals surface area contributed by atoms with Crippen LogP contribution in [0.4, 0.5) is 5.95 Å². The van der Waals surface area contributed by atoms with Crippen molar-refractivity contribution >= 4 is 5.95 Å². The fourth-order valence-electron chi connectivity index (χ4n) is 2.58. The summed E-state index contributed by atoms with van der Waals surface area (Å²) >= 11 is 0. The molecule has 2 heterocycles. The molecule has 4 nitrogen and oxygen atoms in total. The van der Waals surface area contributed by atoms with Crippen molar-refractivity contribution in [1.29, 1.82) is 0 Å². The van der Waals surface area contributed by atoms with Crippen LogP contribution in [0.5, 0.6) is 0 Å². The third kappa shape index (κ3) is 2.80. The zero-order chi connectivity index (χ0) is 14.0. The summed E-state index contributed by atoms with van der Waals surface area (Å²) in [6.45, 7) is 7.26. The van der Waals surface area contributed by atoms with Crippen LogP contribution in [0.1, 0.15) is 13.8 Å². The van der Waals surface area contributed by atoms with E-state index in [1.54, 1.807) is 0 Å². The summed E-state index contributed by atoms with van der Waals surface area (Å²) in [4.78, 5) is 11.3. The molecule has 0 unspecified atom stereocenters. The molecule has 20 heavy (non-hydrogen) atoms. The third-order valence-electron chi connectivity index (χ3n) is 3.60. The highest BCUT2D eigenvalue weighted by atomic mass is 15.3. The van der Waals surface area contributed by atoms with E-state index in [-0.39, 0.29) is 5.54 Å². The Morgan fingerprint density at radius 3 is 2.40 bits per heavy atom. The lowest BCUT2D eigenvalue weighted by atomic mass is 10.0. The Bertz CT molecular complexity index is 563. The van der Waals surface area contributed by atoms with Crippen LogP contribution in [-0.2, 0) is 0 Å². The fourth-order valence-corrected chi connectivity index (χ4v) is 2.58. The first-order chi connectivity index (χ1) is 9.64. The second-order valence-corrected chi connectivity index (χ2v) is 5.87. The van der Waals surface area contributed by atoms with Crippen LogP contribution in [-0.4, -0.2) is 35.1 Å². The molecule has 4 heteroatoms. The molecule has 1 N–H and O–H groups in total. The Balaban J connectivity index is 1.80. The van der Waals surface area contributed by atoms with Gasteiger partial charge in [0.25, 0.3) is 0 Å². The normalized spacial score (nSPS) is 18.0. The number of nitrogens with zero attached hydrogens (tertiary/aromatic N) is 3. The summed E-state index contributed by atoms with van der Waals surface area (Å²) in [5.74, 6) is 0.819. The lowest BCUT2D eigenvalue weighted by Crippen LogP contribution is -2.57. The van der Waals surface area contributed by atoms with Crippen molar-refractivity contribution in [2.45, 2.75) is 19.4 Å². The second kappa shape index (κ2) is 5.21. The van der Waals surface area contributed by atoms with E-state index >= 15 is 0 Å². The molecule has 0 atom stereocenters. The number of aromatic nitrogens is 2. The molecule has 0 radical (unpaired) electrons. The molecule has 1 saturated heterocycles. The Labute approximate surface area is 119 Å². The maximum absolute atomic E-state index is 4.53. The van der Waals surface area contributed by atoms with Gasteiger partial charge in [-0.05, 0) is 19.4 Å². The summed E-state index contributed by atoms with van der Waals surface area (Å²) in [6.07, 6.45) is 3.82. The van der Waals surface area contributed by atoms with Gasteiger partial charge in [0, 0.05) is 43.1 Å². The molecule has 0 aliphatic carbocycles. The van der Waals surface area contributed by atoms with Crippen molar-refractivity contribution < 1.29 is 0 Å². The topological polar surface area (TPSA) is 41.1 Å². The lowest BCUT2D eigenvalue weighted by Gasteiger charge is -2.39. The van der Waals surface area contributed by atoms with E-state index in [0.29, 0.717) is 0 Å². The molecule has 0 saturated carbocycles. The van der Waals surface area contributed by atoms with Gasteiger partial charge in [-0.1, -0.05) is 30.3 Å². The van der Waals surface area contributed by atoms with Crippen molar-refractivity contribution in [3.8, 4) is 11.1 Å². The SMILES string of the molecule is CC1(C)CN(c2ncc(-c3ccccc3)cn2)CCN1. The standard InChI is InChI=1S/C16H20N4/c1-16(2)12-20(9-8-19-16)15-17-10-14(11-18-15)13-6-4-3-5-7-13/h3-7,10-11,19H,8-9,12H2,1-2H3. The van der Waals surface area contributed by atoms with Crippen LogP contribution in [0.2, 0.25) is 0 Å². The zero-order valence-corrected chi connectivity index (χ0v) is 12.0. The zero-order valence-electron chi connectivity index (χ0n) is 12.0. The van der Waals surface area contributed by atoms with Crippen LogP contribution in [0.15, 0.2) is 42.7 Å². The number of hydrogen-bond acceptors (Lipinski definition) is 4. The Morgan fingerprint density at radius 1 is 1.05 bits per heavy atom. The molecule has 2 aromatic rings. The monoisotopic (exact) mass is 268 g/mol. The second-order valence-electron chi connectivity index (χ2n) is 5.87. The van der Waals surface area contributed by atoms with Crippen molar-refractivity contribution in [1.82, 2.24) is 15.3 Å². The minimum Gasteiger partial charge on any atom is -0.338 e. The largest absolute Gasteiger partial charge is 0.338 e. The number of rotatable bonds is 2. The van der Waals surface area contributed by atoms with E-state index in [2.05, 4.69) is 46.2 Å². The average Bonchev–Trinajstić information content (AvgIpc) is 2.47. The van der Waals surface area contributed by atoms with Gasteiger partial charge in [-0.2, -0.15) is 0 Å². The summed E-state index contributed by atoms with van der Waals surface area (Å²) < 4.78 is 0. The molecule has 1 aromatic heterocycles. The molecule has 1 aliphatic heterocycles. The molecule has 0 bridgehead atoms. The van der Waals surface area contributed by atoms with Crippen LogP contribution in [0.25, 0.3) is 11.1 Å². The quantitative estimate of drug-likeness (QED) is 0.907. The van der Waals surface area contributed by atoms with Crippen LogP contribution < -0.4 is 10.2 Å². The molecule has 0 spiro atoms. The van der Waals surface area contributed by atoms with Crippen molar-refractivity contribution in [3.05, 3.63) is 42.7 Å². The minimum absolute atomic E-state index is 0.111. The number of benzene rings is 1. The van der Waals surface area contributed by atoms with Gasteiger partial charge in [-0.3, -0.25) is 0 Å². The van der Waals surface area contributed by atoms with E-state index in [4.69, 9.17) is 0 Å². The molecule has 3 rings (SSSR count). The molecule has 0 amide bonds. The van der Waals surface area contributed by atoms with Gasteiger partial charge >= 0.3 is 0 Å². The summed E-state index contributed by atoms with van der Waals surface area (Å²) in [5.41, 5.74) is 2.32. The maximum atomic E-state index is 4.53. The van der Waals surface area contributed by atoms with E-state index in [9.17, 15) is 0 Å². The number of nitrogens with one attached hydrogen (secondary N) is 1. The Kier molecular flexibility index (Phi) is 3.40. The van der Waals surface area contributed by atoms with E-state index < -0.39 is 0 Å². The van der Waals surface area contributed by atoms with Gasteiger partial charge in [0.1, 0.15) is 0 Å². The van der Waals surface area contributed by atoms with E-state index in [1.165, 1.54) is 0 Å². The molecule has 1 fully saturated rings. The first-order valence-electron chi connectivity index (χ1n) is 7.01. The minimum atomic E-state index is 0.111. The highest BCUT2D eigenvalue weighted by molar-refractivity contribution is 5.61. The van der Waals surface area contributed by atoms with Gasteiger partial charge in [-0.25, -0.2) is 9.97 Å². The highest BCUT2D eigenvalue weighted by Gasteiger charge is 2.26. The predicted octanol–water partition coefficient (Wildman–Crippen LogP) is 2.33. The number of anilines is 1. The van der Waals surface area contributed by atoms with Crippen molar-refractivity contribution in [2.24, 2.45) is 0 Å². The molecular formula is C16H20N4. The molecular weight excluding hydrogens is 248 g/mol. The predicted molar refractivity (Wildman–Crippen MR) is 81.8 cm³/mol. The lowest BCUT2D eigenvalue weighted by molar-refractivity contribution is 0.350. The van der Waals surface area contributed by atoms with Gasteiger partial charge < -0.3 is 10.2 Å². The first kappa shape index (κ1) is 13.1. The molecule has 1 aliphatic rings.